The molecule has 2 heterocycles. The number of nitrogens with zero attached hydrogens (tertiary/aromatic N) is 3. The largest absolute Gasteiger partial charge is 0.497 e. The zero-order valence-corrected chi connectivity index (χ0v) is 17.0. The number of aromatic nitrogens is 2. The van der Waals surface area contributed by atoms with Gasteiger partial charge in [-0.15, -0.1) is 5.10 Å². The van der Waals surface area contributed by atoms with E-state index in [0.717, 1.165) is 5.75 Å². The van der Waals surface area contributed by atoms with E-state index in [2.05, 4.69) is 10.00 Å². The van der Waals surface area contributed by atoms with Crippen LogP contribution >= 0.6 is 12.2 Å². The lowest BCUT2D eigenvalue weighted by atomic mass is 10.2. The number of hydrogen-bond donors (Lipinski definition) is 0. The van der Waals surface area contributed by atoms with Crippen LogP contribution < -0.4 is 9.47 Å². The molecule has 1 atom stereocenters. The van der Waals surface area contributed by atoms with Gasteiger partial charge in [-0.3, -0.25) is 4.90 Å². The summed E-state index contributed by atoms with van der Waals surface area (Å²) in [6.45, 7) is 3.23. The summed E-state index contributed by atoms with van der Waals surface area (Å²) in [7, 11) is -1.34. The fourth-order valence-electron chi connectivity index (χ4n) is 3.02. The van der Waals surface area contributed by atoms with E-state index in [-0.39, 0.29) is 29.0 Å². The number of hydrogen-bond acceptors (Lipinski definition) is 8. The van der Waals surface area contributed by atoms with Crippen LogP contribution in [0.5, 0.6) is 11.5 Å². The molecule has 0 bridgehead atoms. The van der Waals surface area contributed by atoms with E-state index in [0.29, 0.717) is 31.3 Å². The van der Waals surface area contributed by atoms with Crippen molar-refractivity contribution in [1.82, 2.24) is 14.7 Å². The SMILES string of the molecule is CCN(Cn1nc(COc2ccc(OC)cc2)oc1=S)[C@@H]1CCS(=O)(=O)C1. The van der Waals surface area contributed by atoms with Gasteiger partial charge in [0.2, 0.25) is 0 Å². The number of sulfone groups is 1. The molecule has 0 spiro atoms. The van der Waals surface area contributed by atoms with Crippen molar-refractivity contribution >= 4 is 22.1 Å². The van der Waals surface area contributed by atoms with Gasteiger partial charge in [0.05, 0.1) is 25.3 Å². The minimum Gasteiger partial charge on any atom is -0.497 e. The molecule has 1 saturated heterocycles. The first-order valence-electron chi connectivity index (χ1n) is 8.68. The Bertz CT molecular complexity index is 921. The third-order valence-electron chi connectivity index (χ3n) is 4.52. The highest BCUT2D eigenvalue weighted by Crippen LogP contribution is 2.20. The maximum atomic E-state index is 11.7. The zero-order valence-electron chi connectivity index (χ0n) is 15.3. The third-order valence-corrected chi connectivity index (χ3v) is 6.56. The van der Waals surface area contributed by atoms with Crippen LogP contribution in [-0.4, -0.2) is 54.3 Å². The molecule has 0 aliphatic carbocycles. The van der Waals surface area contributed by atoms with Gasteiger partial charge in [-0.2, -0.15) is 0 Å². The predicted octanol–water partition coefficient (Wildman–Crippen LogP) is 2.26. The maximum absolute atomic E-state index is 11.7. The predicted molar refractivity (Wildman–Crippen MR) is 102 cm³/mol. The molecule has 148 valence electrons. The van der Waals surface area contributed by atoms with E-state index < -0.39 is 9.84 Å². The van der Waals surface area contributed by atoms with E-state index in [1.54, 1.807) is 36.1 Å². The minimum atomic E-state index is -2.94. The van der Waals surface area contributed by atoms with Gasteiger partial charge in [0.25, 0.3) is 10.7 Å². The molecule has 1 aliphatic heterocycles. The van der Waals surface area contributed by atoms with Crippen molar-refractivity contribution in [2.75, 3.05) is 25.2 Å². The van der Waals surface area contributed by atoms with Crippen molar-refractivity contribution in [3.63, 3.8) is 0 Å². The van der Waals surface area contributed by atoms with Gasteiger partial charge in [-0.05, 0) is 49.4 Å². The second-order valence-electron chi connectivity index (χ2n) is 6.33. The molecule has 1 fully saturated rings. The Morgan fingerprint density at radius 2 is 2.04 bits per heavy atom. The summed E-state index contributed by atoms with van der Waals surface area (Å²) in [5.74, 6) is 2.19. The van der Waals surface area contributed by atoms with E-state index in [1.807, 2.05) is 6.92 Å². The smallest absolute Gasteiger partial charge is 0.288 e. The molecule has 0 radical (unpaired) electrons. The summed E-state index contributed by atoms with van der Waals surface area (Å²) in [5, 5.41) is 4.36. The van der Waals surface area contributed by atoms with Gasteiger partial charge < -0.3 is 13.9 Å². The fourth-order valence-corrected chi connectivity index (χ4v) is 4.98. The molecular formula is C17H23N3O5S2. The average molecular weight is 414 g/mol. The molecule has 1 aromatic carbocycles. The van der Waals surface area contributed by atoms with Gasteiger partial charge in [-0.25, -0.2) is 13.1 Å². The van der Waals surface area contributed by atoms with Crippen molar-refractivity contribution < 1.29 is 22.3 Å². The summed E-state index contributed by atoms with van der Waals surface area (Å²) in [6.07, 6.45) is 0.634. The van der Waals surface area contributed by atoms with Crippen molar-refractivity contribution in [3.05, 3.63) is 35.0 Å². The summed E-state index contributed by atoms with van der Waals surface area (Å²) in [4.78, 5) is 2.29. The van der Waals surface area contributed by atoms with Crippen LogP contribution in [0.25, 0.3) is 0 Å². The fraction of sp³-hybridized carbons (Fsp3) is 0.529. The Balaban J connectivity index is 1.62. The quantitative estimate of drug-likeness (QED) is 0.609. The first-order chi connectivity index (χ1) is 12.9. The Kier molecular flexibility index (Phi) is 6.18. The zero-order chi connectivity index (χ0) is 19.4. The number of methoxy groups -OCH3 is 1. The van der Waals surface area contributed by atoms with Gasteiger partial charge in [-0.1, -0.05) is 6.92 Å². The van der Waals surface area contributed by atoms with Gasteiger partial charge in [0.15, 0.2) is 16.4 Å². The van der Waals surface area contributed by atoms with Crippen molar-refractivity contribution in [2.45, 2.75) is 32.7 Å². The molecule has 2 aromatic rings. The molecule has 0 unspecified atom stereocenters. The molecular weight excluding hydrogens is 390 g/mol. The maximum Gasteiger partial charge on any atom is 0.288 e. The van der Waals surface area contributed by atoms with E-state index in [1.165, 1.54) is 0 Å². The molecule has 8 nitrogen and oxygen atoms in total. The summed E-state index contributed by atoms with van der Waals surface area (Å²) >= 11 is 5.24. The summed E-state index contributed by atoms with van der Waals surface area (Å²) in [6, 6.07) is 7.18. The Hall–Kier alpha value is -1.91. The lowest BCUT2D eigenvalue weighted by molar-refractivity contribution is 0.162. The topological polar surface area (TPSA) is 86.8 Å². The van der Waals surface area contributed by atoms with Crippen molar-refractivity contribution in [2.24, 2.45) is 0 Å². The van der Waals surface area contributed by atoms with Crippen LogP contribution in [0, 0.1) is 4.84 Å². The molecule has 10 heteroatoms. The van der Waals surface area contributed by atoms with E-state index in [4.69, 9.17) is 26.1 Å². The standard InChI is InChI=1S/C17H23N3O5S2/c1-3-19(13-8-9-27(21,22)11-13)12-20-17(26)25-16(18-20)10-24-15-6-4-14(23-2)5-7-15/h4-7,13H,3,8-12H2,1-2H3/t13-/m1/s1. The molecule has 0 N–H and O–H groups in total. The lowest BCUT2D eigenvalue weighted by Crippen LogP contribution is -2.37. The third kappa shape index (κ3) is 5.08. The average Bonchev–Trinajstić information content (AvgIpc) is 3.19. The number of ether oxygens (including phenoxy) is 2. The van der Waals surface area contributed by atoms with Crippen LogP contribution in [-0.2, 0) is 23.1 Å². The van der Waals surface area contributed by atoms with Crippen molar-refractivity contribution in [3.8, 4) is 11.5 Å². The Morgan fingerprint density at radius 1 is 1.33 bits per heavy atom. The van der Waals surface area contributed by atoms with Gasteiger partial charge >= 0.3 is 0 Å². The van der Waals surface area contributed by atoms with E-state index >= 15 is 0 Å². The Labute approximate surface area is 163 Å². The van der Waals surface area contributed by atoms with Crippen LogP contribution in [0.3, 0.4) is 0 Å². The second-order valence-corrected chi connectivity index (χ2v) is 8.91. The monoisotopic (exact) mass is 413 g/mol. The molecule has 3 rings (SSSR count). The van der Waals surface area contributed by atoms with Gasteiger partial charge in [0, 0.05) is 6.04 Å². The number of benzene rings is 1. The van der Waals surface area contributed by atoms with Crippen molar-refractivity contribution in [1.29, 1.82) is 0 Å². The van der Waals surface area contributed by atoms with Crippen LogP contribution in [0.1, 0.15) is 19.2 Å². The first-order valence-corrected chi connectivity index (χ1v) is 10.9. The molecule has 27 heavy (non-hydrogen) atoms. The van der Waals surface area contributed by atoms with Crippen LogP contribution in [0.15, 0.2) is 28.7 Å². The lowest BCUT2D eigenvalue weighted by Gasteiger charge is -2.25. The normalized spacial score (nSPS) is 18.7. The number of rotatable bonds is 8. The first kappa shape index (κ1) is 19.8. The highest BCUT2D eigenvalue weighted by atomic mass is 32.2. The molecule has 0 saturated carbocycles. The second kappa shape index (κ2) is 8.41. The van der Waals surface area contributed by atoms with E-state index in [9.17, 15) is 8.42 Å². The minimum absolute atomic E-state index is 0.0161. The highest BCUT2D eigenvalue weighted by molar-refractivity contribution is 7.91. The summed E-state index contributed by atoms with van der Waals surface area (Å²) < 4.78 is 41.3. The van der Waals surface area contributed by atoms with Crippen LogP contribution in [0.4, 0.5) is 0 Å². The molecule has 1 aliphatic rings. The molecule has 1 aromatic heterocycles. The van der Waals surface area contributed by atoms with Gasteiger partial charge in [0.1, 0.15) is 11.5 Å². The van der Waals surface area contributed by atoms with Crippen LogP contribution in [0.2, 0.25) is 0 Å². The summed E-state index contributed by atoms with van der Waals surface area (Å²) in [5.41, 5.74) is 0. The molecule has 0 amide bonds. The highest BCUT2D eigenvalue weighted by Gasteiger charge is 2.32. The Morgan fingerprint density at radius 3 is 2.63 bits per heavy atom.